The zero-order valence-electron chi connectivity index (χ0n) is 11.8. The van der Waals surface area contributed by atoms with Gasteiger partial charge in [-0.25, -0.2) is 0 Å². The lowest BCUT2D eigenvalue weighted by Crippen LogP contribution is -2.60. The maximum absolute atomic E-state index is 13.4. The molecule has 0 aromatic heterocycles. The highest BCUT2D eigenvalue weighted by atomic mass is 127. The lowest BCUT2D eigenvalue weighted by Gasteiger charge is -2.33. The first-order valence-electron chi connectivity index (χ1n) is 6.33. The van der Waals surface area contributed by atoms with Crippen molar-refractivity contribution in [1.82, 2.24) is 0 Å². The summed E-state index contributed by atoms with van der Waals surface area (Å²) in [6.07, 6.45) is -7.82. The fourth-order valence-electron chi connectivity index (χ4n) is 1.53. The fourth-order valence-corrected chi connectivity index (χ4v) is 2.45. The second kappa shape index (κ2) is 7.79. The zero-order valence-corrected chi connectivity index (χ0v) is 13.9. The molecule has 0 saturated heterocycles. The van der Waals surface area contributed by atoms with Gasteiger partial charge in [-0.05, 0) is 44.6 Å². The van der Waals surface area contributed by atoms with E-state index < -0.39 is 40.6 Å². The van der Waals surface area contributed by atoms with Crippen LogP contribution in [0.5, 0.6) is 0 Å². The Kier molecular flexibility index (Phi) is 7.72. The molecule has 1 N–H and O–H groups in total. The maximum Gasteiger partial charge on any atom is 0.460 e. The molecule has 11 heteroatoms. The van der Waals surface area contributed by atoms with E-state index >= 15 is 0 Å². The van der Waals surface area contributed by atoms with Crippen molar-refractivity contribution < 1.29 is 44.6 Å². The molecule has 0 spiro atoms. The van der Waals surface area contributed by atoms with E-state index in [-0.39, 0.29) is 12.0 Å². The molecule has 0 aliphatic heterocycles. The number of unbranched alkanes of at least 4 members (excludes halogenated alkanes) is 1. The number of aliphatic hydroxyl groups excluding tert-OH is 1. The monoisotopic (exact) mass is 472 g/mol. The highest BCUT2D eigenvalue weighted by molar-refractivity contribution is 14.1. The summed E-state index contributed by atoms with van der Waals surface area (Å²) in [7, 11) is 0. The summed E-state index contributed by atoms with van der Waals surface area (Å²) < 4.78 is 114. The highest BCUT2D eigenvalue weighted by Gasteiger charge is 2.81. The summed E-state index contributed by atoms with van der Waals surface area (Å²) in [5, 5.41) is 8.99. The topological polar surface area (TPSA) is 20.2 Å². The highest BCUT2D eigenvalue weighted by Crippen LogP contribution is 2.55. The van der Waals surface area contributed by atoms with Crippen molar-refractivity contribution >= 4 is 22.6 Å². The van der Waals surface area contributed by atoms with Gasteiger partial charge in [0.05, 0.1) is 6.61 Å². The van der Waals surface area contributed by atoms with Gasteiger partial charge >= 0.3 is 23.9 Å². The molecule has 0 radical (unpaired) electrons. The van der Waals surface area contributed by atoms with Crippen LogP contribution in [-0.4, -0.2) is 35.7 Å². The summed E-state index contributed by atoms with van der Waals surface area (Å²) in [6.45, 7) is 0.935. The predicted molar refractivity (Wildman–Crippen MR) is 73.2 cm³/mol. The molecule has 0 aromatic carbocycles. The van der Waals surface area contributed by atoms with Crippen LogP contribution in [-0.2, 0) is 0 Å². The van der Waals surface area contributed by atoms with E-state index in [9.17, 15) is 39.5 Å². The van der Waals surface area contributed by atoms with Crippen LogP contribution >= 0.6 is 22.6 Å². The summed E-state index contributed by atoms with van der Waals surface area (Å²) in [4.78, 5) is 0. The second-order valence-electron chi connectivity index (χ2n) is 4.80. The third kappa shape index (κ3) is 4.89. The van der Waals surface area contributed by atoms with E-state index in [2.05, 4.69) is 0 Å². The van der Waals surface area contributed by atoms with E-state index in [1.807, 2.05) is 0 Å². The average molecular weight is 472 g/mol. The minimum Gasteiger partial charge on any atom is -0.392 e. The smallest absolute Gasteiger partial charge is 0.392 e. The van der Waals surface area contributed by atoms with Gasteiger partial charge in [0.2, 0.25) is 0 Å². The number of alkyl halides is 9. The third-order valence-electron chi connectivity index (χ3n) is 2.99. The molecule has 0 atom stereocenters. The Labute approximate surface area is 140 Å². The van der Waals surface area contributed by atoms with Gasteiger partial charge in [-0.2, -0.15) is 39.5 Å². The number of hydrogen-bond acceptors (Lipinski definition) is 1. The van der Waals surface area contributed by atoms with Gasteiger partial charge in [0.25, 0.3) is 0 Å². The van der Waals surface area contributed by atoms with Gasteiger partial charge in [-0.3, -0.25) is 0 Å². The zero-order chi connectivity index (χ0) is 18.7. The Morgan fingerprint density at radius 3 is 1.74 bits per heavy atom. The molecule has 0 aliphatic carbocycles. The second-order valence-corrected chi connectivity index (χ2v) is 6.10. The number of hydrogen-bond donors (Lipinski definition) is 1. The quantitative estimate of drug-likeness (QED) is 0.354. The summed E-state index contributed by atoms with van der Waals surface area (Å²) in [5.74, 6) is -19.2. The van der Waals surface area contributed by atoms with Gasteiger partial charge in [-0.1, -0.05) is 13.3 Å². The van der Waals surface area contributed by atoms with Gasteiger partial charge < -0.3 is 5.11 Å². The fraction of sp³-hybridized carbons (Fsp3) is 0.833. The van der Waals surface area contributed by atoms with Crippen LogP contribution in [0.4, 0.5) is 39.5 Å². The molecule has 0 aliphatic rings. The van der Waals surface area contributed by atoms with Gasteiger partial charge in [0.15, 0.2) is 0 Å². The lowest BCUT2D eigenvalue weighted by molar-refractivity contribution is -0.395. The molecule has 1 nitrogen and oxygen atoms in total. The van der Waals surface area contributed by atoms with Gasteiger partial charge in [-0.15, -0.1) is 0 Å². The Balaban J connectivity index is 5.59. The minimum absolute atomic E-state index is 0.0442. The third-order valence-corrected chi connectivity index (χ3v) is 4.14. The number of allylic oxidation sites excluding steroid dienone is 1. The van der Waals surface area contributed by atoms with Crippen LogP contribution in [0.3, 0.4) is 0 Å². The average Bonchev–Trinajstić information content (AvgIpc) is 2.37. The minimum atomic E-state index is -6.89. The van der Waals surface area contributed by atoms with E-state index in [4.69, 9.17) is 5.11 Å². The SMILES string of the molecule is CCCC/C(CO)=C(\I)CC(F)(F)C(F)(F)C(F)(F)C(F)(F)F. The summed E-state index contributed by atoms with van der Waals surface area (Å²) in [6, 6.07) is 0. The first-order valence-corrected chi connectivity index (χ1v) is 7.41. The molecule has 0 unspecified atom stereocenters. The number of halogens is 10. The van der Waals surface area contributed by atoms with Crippen LogP contribution in [0.1, 0.15) is 32.6 Å². The molecule has 0 fully saturated rings. The maximum atomic E-state index is 13.4. The van der Waals surface area contributed by atoms with Crippen LogP contribution in [0.2, 0.25) is 0 Å². The van der Waals surface area contributed by atoms with Crippen molar-refractivity contribution in [2.24, 2.45) is 0 Å². The van der Waals surface area contributed by atoms with Crippen LogP contribution in [0, 0.1) is 0 Å². The Morgan fingerprint density at radius 1 is 0.913 bits per heavy atom. The van der Waals surface area contributed by atoms with Gasteiger partial charge in [0, 0.05) is 6.42 Å². The van der Waals surface area contributed by atoms with E-state index in [0.717, 1.165) is 22.6 Å². The van der Waals surface area contributed by atoms with Crippen molar-refractivity contribution in [2.45, 2.75) is 56.6 Å². The Bertz CT molecular complexity index is 429. The van der Waals surface area contributed by atoms with Crippen LogP contribution in [0.25, 0.3) is 0 Å². The van der Waals surface area contributed by atoms with Crippen molar-refractivity contribution in [3.8, 4) is 0 Å². The van der Waals surface area contributed by atoms with Crippen molar-refractivity contribution in [3.63, 3.8) is 0 Å². The predicted octanol–water partition coefficient (Wildman–Crippen LogP) is 5.72. The van der Waals surface area contributed by atoms with Crippen molar-refractivity contribution in [3.05, 3.63) is 9.15 Å². The standard InChI is InChI=1S/C12H14F9IO/c1-2-3-4-7(6-23)8(22)5-9(13,14)10(15,16)11(17,18)12(19,20)21/h23H,2-6H2,1H3/b8-7+. The van der Waals surface area contributed by atoms with Gasteiger partial charge in [0.1, 0.15) is 0 Å². The van der Waals surface area contributed by atoms with Crippen LogP contribution < -0.4 is 0 Å². The number of rotatable bonds is 8. The molecular weight excluding hydrogens is 458 g/mol. The largest absolute Gasteiger partial charge is 0.460 e. The Morgan fingerprint density at radius 2 is 1.39 bits per heavy atom. The van der Waals surface area contributed by atoms with Crippen molar-refractivity contribution in [1.29, 1.82) is 0 Å². The number of aliphatic hydroxyl groups is 1. The normalized spacial score (nSPS) is 15.7. The lowest BCUT2D eigenvalue weighted by atomic mass is 9.99. The summed E-state index contributed by atoms with van der Waals surface area (Å²) in [5.41, 5.74) is -0.0988. The first-order chi connectivity index (χ1) is 10.2. The molecular formula is C12H14F9IO. The van der Waals surface area contributed by atoms with E-state index in [1.165, 1.54) is 0 Å². The molecule has 138 valence electrons. The molecule has 23 heavy (non-hydrogen) atoms. The molecule has 0 amide bonds. The van der Waals surface area contributed by atoms with Crippen molar-refractivity contribution in [2.75, 3.05) is 6.61 Å². The van der Waals surface area contributed by atoms with E-state index in [0.29, 0.717) is 12.8 Å². The summed E-state index contributed by atoms with van der Waals surface area (Å²) >= 11 is 1.14. The Hall–Kier alpha value is -0.200. The molecule has 0 heterocycles. The molecule has 0 saturated carbocycles. The van der Waals surface area contributed by atoms with Crippen LogP contribution in [0.15, 0.2) is 9.15 Å². The molecule has 0 rings (SSSR count). The molecule has 0 aromatic rings. The molecule has 0 bridgehead atoms. The first kappa shape index (κ1) is 22.8. The van der Waals surface area contributed by atoms with E-state index in [1.54, 1.807) is 6.92 Å².